The maximum absolute atomic E-state index is 11.0. The second-order valence-corrected chi connectivity index (χ2v) is 3.05. The zero-order valence-corrected chi connectivity index (χ0v) is 9.17. The fraction of sp³-hybridized carbons (Fsp3) is 0.250. The molecular weight excluding hydrogens is 250 g/mol. The van der Waals surface area contributed by atoms with Gasteiger partial charge in [-0.3, -0.25) is 4.79 Å². The second kappa shape index (κ2) is 4.80. The third-order valence-electron chi connectivity index (χ3n) is 1.51. The van der Waals surface area contributed by atoms with E-state index in [1.807, 2.05) is 0 Å². The largest absolute Gasteiger partial charge is 0.493 e. The first-order chi connectivity index (χ1) is 6.67. The lowest BCUT2D eigenvalue weighted by atomic mass is 10.3. The molecule has 3 N–H and O–H groups in total. The number of carbonyl (C=O) groups excluding carboxylic acids is 1. The van der Waals surface area contributed by atoms with E-state index in [4.69, 9.17) is 10.5 Å². The van der Waals surface area contributed by atoms with Gasteiger partial charge < -0.3 is 15.8 Å². The molecule has 0 aromatic carbocycles. The normalized spacial score (nSPS) is 9.57. The number of carbonyl (C=O) groups is 1. The van der Waals surface area contributed by atoms with Gasteiger partial charge in [0.2, 0.25) is 5.91 Å². The number of nitrogens with zero attached hydrogens (tertiary/aromatic N) is 1. The van der Waals surface area contributed by atoms with E-state index < -0.39 is 0 Å². The first-order valence-electron chi connectivity index (χ1n) is 3.82. The molecule has 0 aliphatic heterocycles. The van der Waals surface area contributed by atoms with Crippen LogP contribution in [0.15, 0.2) is 12.3 Å². The SMILES string of the molecule is COc1cc(NC(=O)CBr)cnc1N. The van der Waals surface area contributed by atoms with E-state index in [1.165, 1.54) is 13.3 Å². The van der Waals surface area contributed by atoms with Crippen molar-refractivity contribution in [1.82, 2.24) is 4.98 Å². The van der Waals surface area contributed by atoms with Crippen LogP contribution in [0.1, 0.15) is 0 Å². The van der Waals surface area contributed by atoms with Crippen LogP contribution in [-0.4, -0.2) is 23.3 Å². The Morgan fingerprint density at radius 3 is 3.07 bits per heavy atom. The number of methoxy groups -OCH3 is 1. The van der Waals surface area contributed by atoms with E-state index in [2.05, 4.69) is 26.2 Å². The molecule has 1 amide bonds. The third kappa shape index (κ3) is 2.59. The molecule has 0 aliphatic rings. The van der Waals surface area contributed by atoms with Gasteiger partial charge in [-0.2, -0.15) is 0 Å². The molecule has 0 saturated carbocycles. The van der Waals surface area contributed by atoms with E-state index in [9.17, 15) is 4.79 Å². The quantitative estimate of drug-likeness (QED) is 0.795. The summed E-state index contributed by atoms with van der Waals surface area (Å²) in [5.41, 5.74) is 6.06. The van der Waals surface area contributed by atoms with Crippen LogP contribution in [0.2, 0.25) is 0 Å². The van der Waals surface area contributed by atoms with Gasteiger partial charge in [0.05, 0.1) is 24.3 Å². The highest BCUT2D eigenvalue weighted by Crippen LogP contribution is 2.21. The smallest absolute Gasteiger partial charge is 0.235 e. The van der Waals surface area contributed by atoms with Gasteiger partial charge in [0, 0.05) is 6.07 Å². The van der Waals surface area contributed by atoms with Gasteiger partial charge in [0.25, 0.3) is 0 Å². The van der Waals surface area contributed by atoms with Crippen molar-refractivity contribution < 1.29 is 9.53 Å². The molecule has 1 aromatic heterocycles. The summed E-state index contributed by atoms with van der Waals surface area (Å²) >= 11 is 3.03. The van der Waals surface area contributed by atoms with Crippen LogP contribution in [-0.2, 0) is 4.79 Å². The van der Waals surface area contributed by atoms with Gasteiger partial charge >= 0.3 is 0 Å². The lowest BCUT2D eigenvalue weighted by Gasteiger charge is -2.06. The van der Waals surface area contributed by atoms with Crippen LogP contribution >= 0.6 is 15.9 Å². The van der Waals surface area contributed by atoms with Crippen molar-refractivity contribution in [2.45, 2.75) is 0 Å². The standard InChI is InChI=1S/C8H10BrN3O2/c1-14-6-2-5(4-11-8(6)10)12-7(13)3-9/h2,4H,3H2,1H3,(H2,10,11)(H,12,13). The summed E-state index contributed by atoms with van der Waals surface area (Å²) in [6, 6.07) is 1.61. The maximum atomic E-state index is 11.0. The molecule has 76 valence electrons. The Kier molecular flexibility index (Phi) is 3.70. The number of pyridine rings is 1. The second-order valence-electron chi connectivity index (χ2n) is 2.49. The van der Waals surface area contributed by atoms with Gasteiger partial charge in [-0.25, -0.2) is 4.98 Å². The molecule has 0 spiro atoms. The Bertz CT molecular complexity index is 343. The number of nitrogens with two attached hydrogens (primary N) is 1. The van der Waals surface area contributed by atoms with Crippen LogP contribution in [0.3, 0.4) is 0 Å². The minimum Gasteiger partial charge on any atom is -0.493 e. The number of halogens is 1. The Morgan fingerprint density at radius 1 is 1.79 bits per heavy atom. The lowest BCUT2D eigenvalue weighted by Crippen LogP contribution is -2.12. The number of rotatable bonds is 3. The summed E-state index contributed by atoms with van der Waals surface area (Å²) in [5.74, 6) is 0.584. The number of anilines is 2. The first-order valence-corrected chi connectivity index (χ1v) is 4.95. The molecule has 14 heavy (non-hydrogen) atoms. The molecule has 1 rings (SSSR count). The van der Waals surface area contributed by atoms with E-state index in [1.54, 1.807) is 6.07 Å². The van der Waals surface area contributed by atoms with Gasteiger partial charge in [-0.05, 0) is 0 Å². The summed E-state index contributed by atoms with van der Waals surface area (Å²) < 4.78 is 4.95. The van der Waals surface area contributed by atoms with Crippen LogP contribution in [0.25, 0.3) is 0 Å². The number of hydrogen-bond acceptors (Lipinski definition) is 4. The number of alkyl halides is 1. The number of hydrogen-bond donors (Lipinski definition) is 2. The summed E-state index contributed by atoms with van der Waals surface area (Å²) in [6.45, 7) is 0. The summed E-state index contributed by atoms with van der Waals surface area (Å²) in [7, 11) is 1.49. The highest BCUT2D eigenvalue weighted by molar-refractivity contribution is 9.09. The first kappa shape index (κ1) is 10.8. The number of ether oxygens (including phenoxy) is 1. The molecule has 6 heteroatoms. The van der Waals surface area contributed by atoms with Crippen LogP contribution in [0.4, 0.5) is 11.5 Å². The van der Waals surface area contributed by atoms with Crippen molar-refractivity contribution in [3.63, 3.8) is 0 Å². The number of amides is 1. The average molecular weight is 260 g/mol. The molecule has 5 nitrogen and oxygen atoms in total. The minimum absolute atomic E-state index is 0.154. The third-order valence-corrected chi connectivity index (χ3v) is 2.02. The van der Waals surface area contributed by atoms with E-state index >= 15 is 0 Å². The number of nitrogens with one attached hydrogen (secondary N) is 1. The fourth-order valence-electron chi connectivity index (χ4n) is 0.881. The monoisotopic (exact) mass is 259 g/mol. The van der Waals surface area contributed by atoms with E-state index in [-0.39, 0.29) is 11.2 Å². The molecule has 0 fully saturated rings. The highest BCUT2D eigenvalue weighted by atomic mass is 79.9. The summed E-state index contributed by atoms with van der Waals surface area (Å²) in [6.07, 6.45) is 1.47. The topological polar surface area (TPSA) is 77.2 Å². The van der Waals surface area contributed by atoms with Crippen LogP contribution in [0, 0.1) is 0 Å². The Morgan fingerprint density at radius 2 is 2.50 bits per heavy atom. The number of aromatic nitrogens is 1. The van der Waals surface area contributed by atoms with Crippen molar-refractivity contribution in [2.24, 2.45) is 0 Å². The predicted octanol–water partition coefficient (Wildman–Crippen LogP) is 1.01. The molecule has 0 saturated heterocycles. The zero-order valence-electron chi connectivity index (χ0n) is 7.58. The van der Waals surface area contributed by atoms with Crippen molar-refractivity contribution in [3.05, 3.63) is 12.3 Å². The predicted molar refractivity (Wildman–Crippen MR) is 57.6 cm³/mol. The molecule has 0 unspecified atom stereocenters. The molecule has 1 aromatic rings. The highest BCUT2D eigenvalue weighted by Gasteiger charge is 2.04. The molecular formula is C8H10BrN3O2. The van der Waals surface area contributed by atoms with Gasteiger partial charge in [-0.1, -0.05) is 15.9 Å². The van der Waals surface area contributed by atoms with Gasteiger partial charge in [0.15, 0.2) is 11.6 Å². The molecule has 0 atom stereocenters. The lowest BCUT2D eigenvalue weighted by molar-refractivity contribution is -0.113. The van der Waals surface area contributed by atoms with Gasteiger partial charge in [-0.15, -0.1) is 0 Å². The van der Waals surface area contributed by atoms with Crippen molar-refractivity contribution in [1.29, 1.82) is 0 Å². The summed E-state index contributed by atoms with van der Waals surface area (Å²) in [5, 5.41) is 2.85. The summed E-state index contributed by atoms with van der Waals surface area (Å²) in [4.78, 5) is 14.9. The van der Waals surface area contributed by atoms with Crippen LogP contribution in [0.5, 0.6) is 5.75 Å². The average Bonchev–Trinajstić information content (AvgIpc) is 2.20. The Balaban J connectivity index is 2.84. The Hall–Kier alpha value is -1.30. The van der Waals surface area contributed by atoms with Crippen molar-refractivity contribution in [2.75, 3.05) is 23.5 Å². The Labute approximate surface area is 89.8 Å². The fourth-order valence-corrected chi connectivity index (χ4v) is 1.02. The molecule has 0 radical (unpaired) electrons. The number of nitrogen functional groups attached to an aromatic ring is 1. The zero-order chi connectivity index (χ0) is 10.6. The van der Waals surface area contributed by atoms with E-state index in [0.717, 1.165) is 0 Å². The van der Waals surface area contributed by atoms with Crippen molar-refractivity contribution >= 4 is 33.3 Å². The van der Waals surface area contributed by atoms with Crippen LogP contribution < -0.4 is 15.8 Å². The molecule has 1 heterocycles. The maximum Gasteiger partial charge on any atom is 0.235 e. The minimum atomic E-state index is -0.154. The van der Waals surface area contributed by atoms with Gasteiger partial charge in [0.1, 0.15) is 0 Å². The van der Waals surface area contributed by atoms with E-state index in [0.29, 0.717) is 17.3 Å². The molecule has 0 bridgehead atoms. The van der Waals surface area contributed by atoms with Crippen molar-refractivity contribution in [3.8, 4) is 5.75 Å². The molecule has 0 aliphatic carbocycles.